The van der Waals surface area contributed by atoms with Gasteiger partial charge in [-0.3, -0.25) is 14.3 Å². The number of carbonyl (C=O) groups excluding carboxylic acids is 2. The number of aromatic nitrogens is 2. The minimum absolute atomic E-state index is 0.0555. The molecule has 1 aromatic rings. The summed E-state index contributed by atoms with van der Waals surface area (Å²) in [5.74, 6) is -0.365. The average molecular weight is 239 g/mol. The number of carbonyl (C=O) groups is 2. The van der Waals surface area contributed by atoms with Crippen molar-refractivity contribution >= 4 is 11.9 Å². The molecular weight excluding hydrogens is 222 g/mol. The van der Waals surface area contributed by atoms with Gasteiger partial charge in [0.15, 0.2) is 0 Å². The largest absolute Gasteiger partial charge is 0.469 e. The molecule has 0 aliphatic rings. The van der Waals surface area contributed by atoms with Crippen molar-refractivity contribution in [2.24, 2.45) is 0 Å². The van der Waals surface area contributed by atoms with Crippen LogP contribution in [0.25, 0.3) is 0 Å². The summed E-state index contributed by atoms with van der Waals surface area (Å²) in [6.45, 7) is 3.01. The Morgan fingerprint density at radius 2 is 2.24 bits per heavy atom. The molecule has 17 heavy (non-hydrogen) atoms. The molecule has 0 radical (unpaired) electrons. The number of esters is 1. The van der Waals surface area contributed by atoms with Crippen molar-refractivity contribution in [3.63, 3.8) is 0 Å². The van der Waals surface area contributed by atoms with Crippen LogP contribution in [0.15, 0.2) is 18.5 Å². The van der Waals surface area contributed by atoms with Crippen LogP contribution in [0.5, 0.6) is 0 Å². The van der Waals surface area contributed by atoms with E-state index in [0.29, 0.717) is 13.1 Å². The molecule has 0 bridgehead atoms. The van der Waals surface area contributed by atoms with Gasteiger partial charge in [0.05, 0.1) is 13.5 Å². The summed E-state index contributed by atoms with van der Waals surface area (Å²) in [6.07, 6.45) is 3.57. The number of likely N-dealkylation sites (N-methyl/N-ethyl adjacent to an activating group) is 1. The van der Waals surface area contributed by atoms with Crippen molar-refractivity contribution in [3.8, 4) is 0 Å². The molecule has 0 aromatic carbocycles. The zero-order valence-corrected chi connectivity index (χ0v) is 10.1. The van der Waals surface area contributed by atoms with Crippen molar-refractivity contribution in [3.05, 3.63) is 18.5 Å². The fraction of sp³-hybridized carbons (Fsp3) is 0.545. The summed E-state index contributed by atoms with van der Waals surface area (Å²) in [6, 6.07) is 1.76. The van der Waals surface area contributed by atoms with Crippen LogP contribution >= 0.6 is 0 Å². The Bertz CT molecular complexity index is 362. The van der Waals surface area contributed by atoms with Gasteiger partial charge in [0.25, 0.3) is 0 Å². The Balaban J connectivity index is 2.44. The van der Waals surface area contributed by atoms with Crippen LogP contribution in [0.1, 0.15) is 13.3 Å². The molecule has 0 unspecified atom stereocenters. The predicted molar refractivity (Wildman–Crippen MR) is 61.1 cm³/mol. The standard InChI is InChI=1S/C11H17N3O3/c1-3-13(8-5-11(16)17-2)10(15)9-14-7-4-6-12-14/h4,6-7H,3,5,8-9H2,1-2H3. The van der Waals surface area contributed by atoms with Crippen LogP contribution in [-0.2, 0) is 20.9 Å². The second kappa shape index (κ2) is 6.67. The van der Waals surface area contributed by atoms with E-state index in [9.17, 15) is 9.59 Å². The molecule has 0 saturated heterocycles. The monoisotopic (exact) mass is 239 g/mol. The second-order valence-electron chi connectivity index (χ2n) is 3.50. The summed E-state index contributed by atoms with van der Waals surface area (Å²) < 4.78 is 6.09. The van der Waals surface area contributed by atoms with E-state index >= 15 is 0 Å². The van der Waals surface area contributed by atoms with Crippen molar-refractivity contribution < 1.29 is 14.3 Å². The smallest absolute Gasteiger partial charge is 0.307 e. The highest BCUT2D eigenvalue weighted by atomic mass is 16.5. The summed E-state index contributed by atoms with van der Waals surface area (Å²) in [5, 5.41) is 3.96. The average Bonchev–Trinajstić information content (AvgIpc) is 2.82. The van der Waals surface area contributed by atoms with Crippen molar-refractivity contribution in [1.82, 2.24) is 14.7 Å². The van der Waals surface area contributed by atoms with Crippen LogP contribution in [0, 0.1) is 0 Å². The van der Waals surface area contributed by atoms with E-state index in [4.69, 9.17) is 0 Å². The highest BCUT2D eigenvalue weighted by Gasteiger charge is 2.13. The maximum absolute atomic E-state index is 11.9. The van der Waals surface area contributed by atoms with E-state index in [2.05, 4.69) is 9.84 Å². The Kier molecular flexibility index (Phi) is 5.19. The van der Waals surface area contributed by atoms with E-state index in [1.807, 2.05) is 6.92 Å². The molecule has 0 aliphatic heterocycles. The Morgan fingerprint density at radius 3 is 2.76 bits per heavy atom. The van der Waals surface area contributed by atoms with Gasteiger partial charge in [-0.1, -0.05) is 0 Å². The van der Waals surface area contributed by atoms with E-state index in [-0.39, 0.29) is 24.8 Å². The summed E-state index contributed by atoms with van der Waals surface area (Å²) in [5.41, 5.74) is 0. The number of ether oxygens (including phenoxy) is 1. The molecule has 0 spiro atoms. The lowest BCUT2D eigenvalue weighted by Gasteiger charge is -2.20. The summed E-state index contributed by atoms with van der Waals surface area (Å²) in [7, 11) is 1.34. The summed E-state index contributed by atoms with van der Waals surface area (Å²) in [4.78, 5) is 24.5. The normalized spacial score (nSPS) is 10.0. The highest BCUT2D eigenvalue weighted by Crippen LogP contribution is 1.97. The molecule has 0 atom stereocenters. The van der Waals surface area contributed by atoms with Gasteiger partial charge in [-0.2, -0.15) is 5.10 Å². The van der Waals surface area contributed by atoms with Crippen molar-refractivity contribution in [2.75, 3.05) is 20.2 Å². The molecule has 1 rings (SSSR count). The van der Waals surface area contributed by atoms with Gasteiger partial charge in [0.2, 0.25) is 5.91 Å². The van der Waals surface area contributed by atoms with Gasteiger partial charge in [-0.25, -0.2) is 0 Å². The molecule has 1 heterocycles. The Hall–Kier alpha value is -1.85. The van der Waals surface area contributed by atoms with Crippen LogP contribution in [0.2, 0.25) is 0 Å². The maximum Gasteiger partial charge on any atom is 0.307 e. The molecule has 0 fully saturated rings. The summed E-state index contributed by atoms with van der Waals surface area (Å²) >= 11 is 0. The first-order chi connectivity index (χ1) is 8.17. The minimum Gasteiger partial charge on any atom is -0.469 e. The maximum atomic E-state index is 11.9. The second-order valence-corrected chi connectivity index (χ2v) is 3.50. The van der Waals surface area contributed by atoms with Gasteiger partial charge < -0.3 is 9.64 Å². The number of amides is 1. The molecule has 94 valence electrons. The predicted octanol–water partition coefficient (Wildman–Crippen LogP) is 0.295. The fourth-order valence-corrected chi connectivity index (χ4v) is 1.42. The molecule has 6 heteroatoms. The third-order valence-corrected chi connectivity index (χ3v) is 2.40. The number of nitrogens with zero attached hydrogens (tertiary/aromatic N) is 3. The number of hydrogen-bond acceptors (Lipinski definition) is 4. The van der Waals surface area contributed by atoms with Crippen molar-refractivity contribution in [1.29, 1.82) is 0 Å². The van der Waals surface area contributed by atoms with E-state index < -0.39 is 0 Å². The first-order valence-corrected chi connectivity index (χ1v) is 5.49. The molecule has 1 aromatic heterocycles. The van der Waals surface area contributed by atoms with Crippen LogP contribution in [0.4, 0.5) is 0 Å². The number of rotatable bonds is 6. The lowest BCUT2D eigenvalue weighted by atomic mass is 10.3. The highest BCUT2D eigenvalue weighted by molar-refractivity contribution is 5.77. The van der Waals surface area contributed by atoms with Crippen LogP contribution in [0.3, 0.4) is 0 Å². The molecule has 0 saturated carbocycles. The van der Waals surface area contributed by atoms with Gasteiger partial charge in [-0.15, -0.1) is 0 Å². The molecular formula is C11H17N3O3. The number of hydrogen-bond donors (Lipinski definition) is 0. The first-order valence-electron chi connectivity index (χ1n) is 5.49. The zero-order chi connectivity index (χ0) is 12.7. The third kappa shape index (κ3) is 4.26. The first kappa shape index (κ1) is 13.2. The molecule has 0 N–H and O–H groups in total. The third-order valence-electron chi connectivity index (χ3n) is 2.40. The van der Waals surface area contributed by atoms with Gasteiger partial charge in [-0.05, 0) is 13.0 Å². The van der Waals surface area contributed by atoms with Gasteiger partial charge >= 0.3 is 5.97 Å². The Morgan fingerprint density at radius 1 is 1.47 bits per heavy atom. The van der Waals surface area contributed by atoms with E-state index in [0.717, 1.165) is 0 Å². The number of methoxy groups -OCH3 is 1. The Labute approximate surface area is 100 Å². The van der Waals surface area contributed by atoms with Crippen LogP contribution < -0.4 is 0 Å². The molecule has 6 nitrogen and oxygen atoms in total. The SMILES string of the molecule is CCN(CCC(=O)OC)C(=O)Cn1cccn1. The fourth-order valence-electron chi connectivity index (χ4n) is 1.42. The van der Waals surface area contributed by atoms with Crippen LogP contribution in [-0.4, -0.2) is 46.8 Å². The zero-order valence-electron chi connectivity index (χ0n) is 10.1. The molecule has 1 amide bonds. The van der Waals surface area contributed by atoms with Gasteiger partial charge in [0, 0.05) is 25.5 Å². The van der Waals surface area contributed by atoms with Gasteiger partial charge in [0.1, 0.15) is 6.54 Å². The van der Waals surface area contributed by atoms with E-state index in [1.165, 1.54) is 7.11 Å². The van der Waals surface area contributed by atoms with Crippen molar-refractivity contribution in [2.45, 2.75) is 19.9 Å². The minimum atomic E-state index is -0.310. The lowest BCUT2D eigenvalue weighted by Crippen LogP contribution is -2.35. The topological polar surface area (TPSA) is 64.4 Å². The lowest BCUT2D eigenvalue weighted by molar-refractivity contribution is -0.141. The van der Waals surface area contributed by atoms with E-state index in [1.54, 1.807) is 28.0 Å². The molecule has 0 aliphatic carbocycles. The quantitative estimate of drug-likeness (QED) is 0.669.